The minimum Gasteiger partial charge on any atom is -0.495 e. The van der Waals surface area contributed by atoms with Crippen molar-refractivity contribution < 1.29 is 18.1 Å². The van der Waals surface area contributed by atoms with E-state index < -0.39 is 20.6 Å². The van der Waals surface area contributed by atoms with Gasteiger partial charge in [-0.25, -0.2) is 8.42 Å². The van der Waals surface area contributed by atoms with Gasteiger partial charge in [-0.1, -0.05) is 24.3 Å². The van der Waals surface area contributed by atoms with Crippen LogP contribution in [-0.2, 0) is 10.0 Å². The lowest BCUT2D eigenvalue weighted by molar-refractivity contribution is -0.384. The predicted octanol–water partition coefficient (Wildman–Crippen LogP) is 4.57. The van der Waals surface area contributed by atoms with E-state index in [-0.39, 0.29) is 16.3 Å². The number of hydrogen-bond acceptors (Lipinski definition) is 8. The van der Waals surface area contributed by atoms with E-state index in [1.807, 2.05) is 30.5 Å². The average molecular weight is 473 g/mol. The normalized spacial score (nSPS) is 11.3. The first-order chi connectivity index (χ1) is 15.3. The zero-order chi connectivity index (χ0) is 23.1. The number of ether oxygens (including phenoxy) is 1. The van der Waals surface area contributed by atoms with E-state index in [1.165, 1.54) is 31.5 Å². The third-order valence-corrected chi connectivity index (χ3v) is 6.45. The largest absolute Gasteiger partial charge is 0.495 e. The van der Waals surface area contributed by atoms with E-state index in [4.69, 9.17) is 4.74 Å². The predicted molar refractivity (Wildman–Crippen MR) is 126 cm³/mol. The average Bonchev–Trinajstić information content (AvgIpc) is 2.79. The Morgan fingerprint density at radius 2 is 1.78 bits per heavy atom. The number of nitrogens with zero attached hydrogens (tertiary/aromatic N) is 2. The molecule has 0 aliphatic rings. The Morgan fingerprint density at radius 3 is 2.44 bits per heavy atom. The summed E-state index contributed by atoms with van der Waals surface area (Å²) >= 11 is 1.61. The maximum Gasteiger partial charge on any atom is 0.295 e. The third kappa shape index (κ3) is 5.56. The van der Waals surface area contributed by atoms with Gasteiger partial charge in [0.25, 0.3) is 15.7 Å². The molecule has 0 aliphatic heterocycles. The Kier molecular flexibility index (Phi) is 7.33. The van der Waals surface area contributed by atoms with Crippen molar-refractivity contribution >= 4 is 45.1 Å². The molecule has 0 atom stereocenters. The molecule has 0 radical (unpaired) electrons. The number of anilines is 2. The first kappa shape index (κ1) is 23.1. The second-order valence-electron chi connectivity index (χ2n) is 6.39. The maximum atomic E-state index is 12.8. The van der Waals surface area contributed by atoms with Crippen LogP contribution in [0, 0.1) is 10.1 Å². The molecule has 0 bridgehead atoms. The number of methoxy groups -OCH3 is 1. The van der Waals surface area contributed by atoms with Crippen molar-refractivity contribution in [2.24, 2.45) is 5.10 Å². The Hall–Kier alpha value is -3.57. The summed E-state index contributed by atoms with van der Waals surface area (Å²) in [4.78, 5) is 11.7. The van der Waals surface area contributed by atoms with Crippen molar-refractivity contribution in [3.8, 4) is 5.75 Å². The van der Waals surface area contributed by atoms with Crippen molar-refractivity contribution in [1.82, 2.24) is 0 Å². The van der Waals surface area contributed by atoms with Crippen molar-refractivity contribution in [2.75, 3.05) is 23.5 Å². The van der Waals surface area contributed by atoms with Crippen molar-refractivity contribution in [3.05, 3.63) is 82.4 Å². The first-order valence-electron chi connectivity index (χ1n) is 9.21. The van der Waals surface area contributed by atoms with Crippen LogP contribution in [0.2, 0.25) is 0 Å². The van der Waals surface area contributed by atoms with Gasteiger partial charge in [-0.05, 0) is 48.2 Å². The van der Waals surface area contributed by atoms with E-state index in [0.717, 1.165) is 16.5 Å². The van der Waals surface area contributed by atoms with Crippen LogP contribution in [0.25, 0.3) is 0 Å². The number of para-hydroxylation sites is 2. The number of hydrogen-bond donors (Lipinski definition) is 2. The summed E-state index contributed by atoms with van der Waals surface area (Å²) in [5.74, 6) is 0.323. The Bertz CT molecular complexity index is 1250. The molecule has 3 aromatic carbocycles. The molecule has 3 rings (SSSR count). The second kappa shape index (κ2) is 10.2. The Labute approximate surface area is 189 Å². The Morgan fingerprint density at radius 1 is 1.06 bits per heavy atom. The summed E-state index contributed by atoms with van der Waals surface area (Å²) in [5.41, 5.74) is 3.26. The van der Waals surface area contributed by atoms with E-state index in [1.54, 1.807) is 30.0 Å². The zero-order valence-corrected chi connectivity index (χ0v) is 18.8. The van der Waals surface area contributed by atoms with Crippen molar-refractivity contribution in [2.45, 2.75) is 9.79 Å². The smallest absolute Gasteiger partial charge is 0.295 e. The molecule has 0 aromatic heterocycles. The molecule has 0 spiro atoms. The molecule has 0 saturated carbocycles. The Balaban J connectivity index is 1.83. The summed E-state index contributed by atoms with van der Waals surface area (Å²) in [5, 5.41) is 15.6. The quantitative estimate of drug-likeness (QED) is 0.202. The highest BCUT2D eigenvalue weighted by atomic mass is 32.2. The number of thioether (sulfide) groups is 1. The van der Waals surface area contributed by atoms with Crippen LogP contribution in [0.5, 0.6) is 5.75 Å². The first-order valence-corrected chi connectivity index (χ1v) is 11.9. The van der Waals surface area contributed by atoms with Gasteiger partial charge in [-0.2, -0.15) is 5.10 Å². The molecule has 0 saturated heterocycles. The van der Waals surface area contributed by atoms with Crippen molar-refractivity contribution in [3.63, 3.8) is 0 Å². The monoisotopic (exact) mass is 472 g/mol. The number of benzene rings is 3. The van der Waals surface area contributed by atoms with Gasteiger partial charge >= 0.3 is 0 Å². The van der Waals surface area contributed by atoms with Crippen LogP contribution in [-0.4, -0.2) is 32.9 Å². The number of sulfonamides is 1. The van der Waals surface area contributed by atoms with E-state index in [9.17, 15) is 18.5 Å². The fraction of sp³-hybridized carbons (Fsp3) is 0.0952. The summed E-state index contributed by atoms with van der Waals surface area (Å²) in [6.45, 7) is 0. The van der Waals surface area contributed by atoms with Gasteiger partial charge in [0.15, 0.2) is 0 Å². The summed E-state index contributed by atoms with van der Waals surface area (Å²) in [7, 11) is -2.68. The van der Waals surface area contributed by atoms with Crippen LogP contribution in [0.1, 0.15) is 5.56 Å². The fourth-order valence-electron chi connectivity index (χ4n) is 2.72. The lowest BCUT2D eigenvalue weighted by atomic mass is 10.2. The molecule has 9 nitrogen and oxygen atoms in total. The molecule has 2 N–H and O–H groups in total. The molecule has 0 heterocycles. The van der Waals surface area contributed by atoms with Crippen LogP contribution in [0.4, 0.5) is 17.1 Å². The molecule has 0 amide bonds. The third-order valence-electron chi connectivity index (χ3n) is 4.34. The van der Waals surface area contributed by atoms with E-state index >= 15 is 0 Å². The van der Waals surface area contributed by atoms with E-state index in [2.05, 4.69) is 15.2 Å². The van der Waals surface area contributed by atoms with Gasteiger partial charge in [0.1, 0.15) is 11.4 Å². The van der Waals surface area contributed by atoms with Gasteiger partial charge in [0, 0.05) is 11.0 Å². The minimum absolute atomic E-state index is 0.0585. The number of rotatable bonds is 9. The molecular weight excluding hydrogens is 452 g/mol. The zero-order valence-electron chi connectivity index (χ0n) is 17.2. The van der Waals surface area contributed by atoms with Gasteiger partial charge in [-0.15, -0.1) is 11.8 Å². The fourth-order valence-corrected chi connectivity index (χ4v) is 4.22. The van der Waals surface area contributed by atoms with E-state index in [0.29, 0.717) is 5.75 Å². The van der Waals surface area contributed by atoms with Gasteiger partial charge in [-0.3, -0.25) is 20.3 Å². The molecule has 0 unspecified atom stereocenters. The highest BCUT2D eigenvalue weighted by Crippen LogP contribution is 2.30. The van der Waals surface area contributed by atoms with Gasteiger partial charge in [0.2, 0.25) is 0 Å². The summed E-state index contributed by atoms with van der Waals surface area (Å²) < 4.78 is 33.1. The van der Waals surface area contributed by atoms with Crippen molar-refractivity contribution in [1.29, 1.82) is 0 Å². The van der Waals surface area contributed by atoms with Crippen LogP contribution >= 0.6 is 11.8 Å². The topological polar surface area (TPSA) is 123 Å². The van der Waals surface area contributed by atoms with Gasteiger partial charge in [0.05, 0.1) is 28.8 Å². The molecule has 0 aliphatic carbocycles. The standard InChI is InChI=1S/C21H20N4O5S2/c1-30-21-6-4-3-5-19(21)24-32(28,29)17-11-12-18(20(13-17)25(26)27)23-22-14-15-7-9-16(31-2)10-8-15/h3-14,23-24H,1-2H3. The lowest BCUT2D eigenvalue weighted by Gasteiger charge is -2.12. The number of nitro groups is 1. The molecule has 11 heteroatoms. The number of nitro benzene ring substituents is 1. The second-order valence-corrected chi connectivity index (χ2v) is 8.95. The molecule has 166 valence electrons. The molecule has 0 fully saturated rings. The molecule has 3 aromatic rings. The summed E-state index contributed by atoms with van der Waals surface area (Å²) in [6.07, 6.45) is 3.49. The molecular formula is C21H20N4O5S2. The highest BCUT2D eigenvalue weighted by Gasteiger charge is 2.22. The highest BCUT2D eigenvalue weighted by molar-refractivity contribution is 7.98. The summed E-state index contributed by atoms with van der Waals surface area (Å²) in [6, 6.07) is 17.6. The SMILES string of the molecule is COc1ccccc1NS(=O)(=O)c1ccc(NN=Cc2ccc(SC)cc2)c([N+](=O)[O-])c1. The number of hydrazone groups is 1. The number of nitrogens with one attached hydrogen (secondary N) is 2. The van der Waals surface area contributed by atoms with Gasteiger partial charge < -0.3 is 4.74 Å². The lowest BCUT2D eigenvalue weighted by Crippen LogP contribution is -2.14. The molecule has 32 heavy (non-hydrogen) atoms. The van der Waals surface area contributed by atoms with Crippen LogP contribution in [0.3, 0.4) is 0 Å². The van der Waals surface area contributed by atoms with Crippen LogP contribution < -0.4 is 14.9 Å². The minimum atomic E-state index is -4.09. The van der Waals surface area contributed by atoms with Crippen LogP contribution in [0.15, 0.2) is 81.6 Å². The maximum absolute atomic E-state index is 12.8.